The average molecular weight is 443 g/mol. The molecule has 1 amide bonds. The third kappa shape index (κ3) is 5.06. The first-order valence-corrected chi connectivity index (χ1v) is 12.3. The molecule has 1 saturated heterocycles. The maximum atomic E-state index is 13.0. The van der Waals surface area contributed by atoms with Crippen LogP contribution in [0.3, 0.4) is 0 Å². The van der Waals surface area contributed by atoms with Crippen LogP contribution >= 0.6 is 0 Å². The van der Waals surface area contributed by atoms with Gasteiger partial charge in [-0.1, -0.05) is 60.7 Å². The van der Waals surface area contributed by atoms with Crippen molar-refractivity contribution < 1.29 is 9.21 Å². The van der Waals surface area contributed by atoms with Gasteiger partial charge in [0.25, 0.3) is 0 Å². The summed E-state index contributed by atoms with van der Waals surface area (Å²) in [7, 11) is 0. The van der Waals surface area contributed by atoms with Gasteiger partial charge in [0.05, 0.1) is 6.54 Å². The van der Waals surface area contributed by atoms with Gasteiger partial charge in [0.2, 0.25) is 5.91 Å². The van der Waals surface area contributed by atoms with Crippen molar-refractivity contribution in [2.45, 2.75) is 45.1 Å². The number of likely N-dealkylation sites (tertiary alicyclic amines) is 1. The Morgan fingerprint density at radius 3 is 2.21 bits per heavy atom. The number of furan rings is 1. The molecule has 0 bridgehead atoms. The fourth-order valence-electron chi connectivity index (χ4n) is 5.58. The Labute approximate surface area is 197 Å². The maximum Gasteiger partial charge on any atom is 0.223 e. The van der Waals surface area contributed by atoms with Gasteiger partial charge in [-0.15, -0.1) is 0 Å². The average Bonchev–Trinajstić information content (AvgIpc) is 3.40. The van der Waals surface area contributed by atoms with Gasteiger partial charge in [0.15, 0.2) is 0 Å². The Morgan fingerprint density at radius 2 is 1.64 bits per heavy atom. The maximum absolute atomic E-state index is 13.0. The molecule has 1 saturated carbocycles. The zero-order chi connectivity index (χ0) is 22.7. The van der Waals surface area contributed by atoms with Gasteiger partial charge in [-0.2, -0.15) is 0 Å². The topological polar surface area (TPSA) is 45.5 Å². The minimum atomic E-state index is 0.192. The monoisotopic (exact) mass is 442 g/mol. The van der Waals surface area contributed by atoms with Gasteiger partial charge < -0.3 is 9.73 Å². The Bertz CT molecular complexity index is 1010. The smallest absolute Gasteiger partial charge is 0.223 e. The van der Waals surface area contributed by atoms with Crippen molar-refractivity contribution in [3.63, 3.8) is 0 Å². The standard InChI is InChI=1S/C29H34N2O2/c1-22-12-13-25(33-22)21-31-18-15-29(16-19-31)20-27(29)28(32)30-17-14-26(23-8-4-2-5-9-23)24-10-6-3-7-11-24/h2-13,26-27H,14-21H2,1H3,(H,30,32)/t27-/m1/s1. The minimum absolute atomic E-state index is 0.192. The number of aryl methyl sites for hydroxylation is 1. The van der Waals surface area contributed by atoms with Crippen LogP contribution in [0.15, 0.2) is 77.2 Å². The highest BCUT2D eigenvalue weighted by Crippen LogP contribution is 2.59. The van der Waals surface area contributed by atoms with Crippen LogP contribution in [0, 0.1) is 18.3 Å². The lowest BCUT2D eigenvalue weighted by atomic mass is 9.88. The second-order valence-corrected chi connectivity index (χ2v) is 9.86. The number of carbonyl (C=O) groups excluding carboxylic acids is 1. The highest BCUT2D eigenvalue weighted by Gasteiger charge is 2.58. The Morgan fingerprint density at radius 1 is 1.00 bits per heavy atom. The number of hydrogen-bond donors (Lipinski definition) is 1. The summed E-state index contributed by atoms with van der Waals surface area (Å²) in [5.41, 5.74) is 2.85. The van der Waals surface area contributed by atoms with Gasteiger partial charge in [0, 0.05) is 18.4 Å². The van der Waals surface area contributed by atoms with Crippen molar-refractivity contribution in [1.82, 2.24) is 10.2 Å². The molecule has 1 aliphatic carbocycles. The summed E-state index contributed by atoms with van der Waals surface area (Å²) in [6, 6.07) is 25.3. The SMILES string of the molecule is Cc1ccc(CN2CCC3(CC2)C[C@@H]3C(=O)NCCC(c2ccccc2)c2ccccc2)o1. The Kier molecular flexibility index (Phi) is 6.37. The zero-order valence-corrected chi connectivity index (χ0v) is 19.5. The summed E-state index contributed by atoms with van der Waals surface area (Å²) >= 11 is 0. The molecule has 4 nitrogen and oxygen atoms in total. The molecule has 0 radical (unpaired) electrons. The second kappa shape index (κ2) is 9.56. The number of benzene rings is 2. The van der Waals surface area contributed by atoms with E-state index in [1.54, 1.807) is 0 Å². The number of hydrogen-bond acceptors (Lipinski definition) is 3. The summed E-state index contributed by atoms with van der Waals surface area (Å²) in [6.07, 6.45) is 4.19. The molecule has 1 N–H and O–H groups in total. The van der Waals surface area contributed by atoms with Crippen LogP contribution in [0.2, 0.25) is 0 Å². The van der Waals surface area contributed by atoms with E-state index in [-0.39, 0.29) is 17.2 Å². The molecule has 3 aromatic rings. The van der Waals surface area contributed by atoms with Crippen molar-refractivity contribution in [1.29, 1.82) is 0 Å². The van der Waals surface area contributed by atoms with Crippen LogP contribution < -0.4 is 5.32 Å². The van der Waals surface area contributed by atoms with E-state index in [0.29, 0.717) is 12.5 Å². The Hall–Kier alpha value is -2.85. The molecule has 2 heterocycles. The van der Waals surface area contributed by atoms with E-state index in [1.165, 1.54) is 11.1 Å². The van der Waals surface area contributed by atoms with Crippen LogP contribution in [-0.4, -0.2) is 30.4 Å². The highest BCUT2D eigenvalue weighted by molar-refractivity contribution is 5.82. The number of amides is 1. The third-order valence-electron chi connectivity index (χ3n) is 7.67. The van der Waals surface area contributed by atoms with Crippen molar-refractivity contribution >= 4 is 5.91 Å². The molecule has 2 aromatic carbocycles. The molecular formula is C29H34N2O2. The van der Waals surface area contributed by atoms with Gasteiger partial charge >= 0.3 is 0 Å². The summed E-state index contributed by atoms with van der Waals surface area (Å²) in [5.74, 6) is 2.76. The van der Waals surface area contributed by atoms with Crippen LogP contribution in [-0.2, 0) is 11.3 Å². The predicted molar refractivity (Wildman–Crippen MR) is 131 cm³/mol. The van der Waals surface area contributed by atoms with E-state index in [4.69, 9.17) is 4.42 Å². The van der Waals surface area contributed by atoms with Crippen LogP contribution in [0.1, 0.15) is 54.2 Å². The van der Waals surface area contributed by atoms with Crippen molar-refractivity contribution in [2.24, 2.45) is 11.3 Å². The first-order valence-electron chi connectivity index (χ1n) is 12.3. The van der Waals surface area contributed by atoms with Crippen LogP contribution in [0.5, 0.6) is 0 Å². The summed E-state index contributed by atoms with van der Waals surface area (Å²) in [5, 5.41) is 3.27. The van der Waals surface area contributed by atoms with E-state index in [1.807, 2.05) is 13.0 Å². The lowest BCUT2D eigenvalue weighted by Crippen LogP contribution is -2.37. The fourth-order valence-corrected chi connectivity index (χ4v) is 5.58. The van der Waals surface area contributed by atoms with Gasteiger partial charge in [-0.3, -0.25) is 9.69 Å². The van der Waals surface area contributed by atoms with E-state index in [0.717, 1.165) is 56.8 Å². The fraction of sp³-hybridized carbons (Fsp3) is 0.414. The summed E-state index contributed by atoms with van der Waals surface area (Å²) in [6.45, 7) is 5.68. The molecule has 1 aliphatic heterocycles. The molecule has 4 heteroatoms. The third-order valence-corrected chi connectivity index (χ3v) is 7.67. The van der Waals surface area contributed by atoms with Gasteiger partial charge in [-0.05, 0) is 74.4 Å². The molecule has 2 fully saturated rings. The normalized spacial score (nSPS) is 19.6. The number of carbonyl (C=O) groups is 1. The highest BCUT2D eigenvalue weighted by atomic mass is 16.3. The lowest BCUT2D eigenvalue weighted by Gasteiger charge is -2.32. The number of rotatable bonds is 8. The van der Waals surface area contributed by atoms with E-state index in [2.05, 4.69) is 76.9 Å². The number of nitrogens with zero attached hydrogens (tertiary/aromatic N) is 1. The first-order chi connectivity index (χ1) is 16.1. The largest absolute Gasteiger partial charge is 0.465 e. The zero-order valence-electron chi connectivity index (χ0n) is 19.5. The first kappa shape index (κ1) is 22.0. The van der Waals surface area contributed by atoms with Gasteiger partial charge in [0.1, 0.15) is 11.5 Å². The molecule has 172 valence electrons. The van der Waals surface area contributed by atoms with E-state index >= 15 is 0 Å². The van der Waals surface area contributed by atoms with Crippen molar-refractivity contribution in [3.8, 4) is 0 Å². The quantitative estimate of drug-likeness (QED) is 0.499. The van der Waals surface area contributed by atoms with Crippen LogP contribution in [0.25, 0.3) is 0 Å². The molecule has 2 aliphatic rings. The summed E-state index contributed by atoms with van der Waals surface area (Å²) in [4.78, 5) is 15.4. The molecule has 1 spiro atoms. The minimum Gasteiger partial charge on any atom is -0.465 e. The van der Waals surface area contributed by atoms with Gasteiger partial charge in [-0.25, -0.2) is 0 Å². The second-order valence-electron chi connectivity index (χ2n) is 9.86. The van der Waals surface area contributed by atoms with Crippen molar-refractivity contribution in [3.05, 3.63) is 95.4 Å². The van der Waals surface area contributed by atoms with Crippen molar-refractivity contribution in [2.75, 3.05) is 19.6 Å². The molecule has 33 heavy (non-hydrogen) atoms. The van der Waals surface area contributed by atoms with E-state index in [9.17, 15) is 4.79 Å². The Balaban J connectivity index is 1.11. The molecule has 1 atom stereocenters. The number of piperidine rings is 1. The lowest BCUT2D eigenvalue weighted by molar-refractivity contribution is -0.123. The number of nitrogens with one attached hydrogen (secondary N) is 1. The predicted octanol–water partition coefficient (Wildman–Crippen LogP) is 5.53. The summed E-state index contributed by atoms with van der Waals surface area (Å²) < 4.78 is 5.73. The van der Waals surface area contributed by atoms with Crippen LogP contribution in [0.4, 0.5) is 0 Å². The molecule has 1 aromatic heterocycles. The molecule has 5 rings (SSSR count). The molecular weight excluding hydrogens is 408 g/mol. The van der Waals surface area contributed by atoms with E-state index < -0.39 is 0 Å². The molecule has 0 unspecified atom stereocenters.